The Balaban J connectivity index is 1.49. The van der Waals surface area contributed by atoms with Gasteiger partial charge in [0.15, 0.2) is 23.1 Å². The minimum Gasteiger partial charge on any atom is -0.490 e. The molecule has 6 rings (SSSR count). The summed E-state index contributed by atoms with van der Waals surface area (Å²) in [6.45, 7) is 10.9. The van der Waals surface area contributed by atoms with Crippen LogP contribution in [0.2, 0.25) is 5.02 Å². The van der Waals surface area contributed by atoms with Crippen LogP contribution in [0.5, 0.6) is 11.5 Å². The number of benzene rings is 2. The van der Waals surface area contributed by atoms with E-state index >= 15 is 0 Å². The standard InChI is InChI=1S/C38H45ClN2O6/c1-6-46-32-17-24(16-27(39)36(32)47-22-23-11-10-14-26(15-23)41(44)45)33-34-28(18-37(2,3)20-30(34)42)40(25-12-8-7-9-13-25)29-19-38(4,5)21-31(43)35(29)33/h10-11,14-17,25,33H,6-9,12-13,18-22H2,1-5H3. The number of carbonyl (C=O) groups is 2. The number of halogens is 1. The van der Waals surface area contributed by atoms with E-state index in [4.69, 9.17) is 21.1 Å². The normalized spacial score (nSPS) is 21.4. The van der Waals surface area contributed by atoms with Crippen LogP contribution in [-0.2, 0) is 16.2 Å². The van der Waals surface area contributed by atoms with Crippen molar-refractivity contribution in [3.63, 3.8) is 0 Å². The fourth-order valence-corrected chi connectivity index (χ4v) is 8.46. The molecule has 9 heteroatoms. The number of hydrogen-bond acceptors (Lipinski definition) is 7. The van der Waals surface area contributed by atoms with Crippen molar-refractivity contribution >= 4 is 28.9 Å². The summed E-state index contributed by atoms with van der Waals surface area (Å²) >= 11 is 6.98. The minimum absolute atomic E-state index is 0.0223. The number of allylic oxidation sites excluding steroid dienone is 4. The fraction of sp³-hybridized carbons (Fsp3) is 0.526. The van der Waals surface area contributed by atoms with Crippen LogP contribution < -0.4 is 9.47 Å². The number of hydrogen-bond donors (Lipinski definition) is 0. The zero-order chi connectivity index (χ0) is 33.7. The molecule has 1 fully saturated rings. The maximum atomic E-state index is 14.3. The number of carbonyl (C=O) groups excluding carboxylic acids is 2. The highest BCUT2D eigenvalue weighted by Gasteiger charge is 2.50. The Kier molecular flexibility index (Phi) is 9.02. The molecular weight excluding hydrogens is 616 g/mol. The summed E-state index contributed by atoms with van der Waals surface area (Å²) in [6, 6.07) is 10.2. The molecule has 0 spiro atoms. The molecule has 0 unspecified atom stereocenters. The largest absolute Gasteiger partial charge is 0.490 e. The van der Waals surface area contributed by atoms with E-state index in [-0.39, 0.29) is 40.7 Å². The lowest BCUT2D eigenvalue weighted by Gasteiger charge is -2.52. The molecular formula is C38H45ClN2O6. The van der Waals surface area contributed by atoms with Crippen molar-refractivity contribution in [3.8, 4) is 11.5 Å². The van der Waals surface area contributed by atoms with Crippen LogP contribution in [0.4, 0.5) is 5.69 Å². The first kappa shape index (κ1) is 33.3. The summed E-state index contributed by atoms with van der Waals surface area (Å²) in [5.74, 6) is 0.359. The number of ketones is 2. The number of nitrogens with zero attached hydrogens (tertiary/aromatic N) is 2. The van der Waals surface area contributed by atoms with Crippen LogP contribution in [0.1, 0.15) is 109 Å². The molecule has 0 N–H and O–H groups in total. The Hall–Kier alpha value is -3.65. The first-order valence-electron chi connectivity index (χ1n) is 16.9. The SMILES string of the molecule is CCOc1cc(C2C3=C(CC(C)(C)CC3=O)N(C3CCCCC3)C3=C2C(=O)CC(C)(C)C3)cc(Cl)c1OCc1cccc([N+](=O)[O-])c1. The van der Waals surface area contributed by atoms with Crippen LogP contribution in [0, 0.1) is 20.9 Å². The lowest BCUT2D eigenvalue weighted by Crippen LogP contribution is -2.48. The first-order chi connectivity index (χ1) is 22.3. The number of ether oxygens (including phenoxy) is 2. The van der Waals surface area contributed by atoms with Crippen LogP contribution in [-0.4, -0.2) is 34.0 Å². The topological polar surface area (TPSA) is 99.0 Å². The van der Waals surface area contributed by atoms with Gasteiger partial charge in [0.1, 0.15) is 6.61 Å². The summed E-state index contributed by atoms with van der Waals surface area (Å²) in [5.41, 5.74) is 4.55. The van der Waals surface area contributed by atoms with Crippen LogP contribution in [0.15, 0.2) is 58.9 Å². The summed E-state index contributed by atoms with van der Waals surface area (Å²) in [5, 5.41) is 11.6. The number of Topliss-reactive ketones (excluding diaryl/α,β-unsaturated/α-hetero) is 2. The second-order valence-corrected chi connectivity index (χ2v) is 15.6. The molecule has 1 heterocycles. The molecule has 2 aromatic rings. The zero-order valence-electron chi connectivity index (χ0n) is 28.1. The van der Waals surface area contributed by atoms with Crippen LogP contribution in [0.3, 0.4) is 0 Å². The maximum absolute atomic E-state index is 14.3. The molecule has 3 aliphatic carbocycles. The summed E-state index contributed by atoms with van der Waals surface area (Å²) in [6.07, 6.45) is 7.99. The Bertz CT molecular complexity index is 1630. The Labute approximate surface area is 282 Å². The molecule has 0 aromatic heterocycles. The summed E-state index contributed by atoms with van der Waals surface area (Å²) < 4.78 is 12.2. The van der Waals surface area contributed by atoms with E-state index in [1.165, 1.54) is 18.6 Å². The molecule has 4 aliphatic rings. The van der Waals surface area contributed by atoms with E-state index < -0.39 is 10.8 Å². The van der Waals surface area contributed by atoms with E-state index in [2.05, 4.69) is 32.6 Å². The number of nitro groups is 1. The van der Waals surface area contributed by atoms with Crippen molar-refractivity contribution in [2.75, 3.05) is 6.61 Å². The van der Waals surface area contributed by atoms with Crippen molar-refractivity contribution < 1.29 is 24.0 Å². The quantitative estimate of drug-likeness (QED) is 0.206. The number of nitro benzene ring substituents is 1. The van der Waals surface area contributed by atoms with Gasteiger partial charge in [-0.25, -0.2) is 0 Å². The second kappa shape index (κ2) is 12.8. The van der Waals surface area contributed by atoms with E-state index in [1.54, 1.807) is 12.1 Å². The molecule has 1 saturated carbocycles. The van der Waals surface area contributed by atoms with Gasteiger partial charge in [0.25, 0.3) is 5.69 Å². The number of non-ortho nitro benzene ring substituents is 1. The van der Waals surface area contributed by atoms with E-state index in [9.17, 15) is 19.7 Å². The van der Waals surface area contributed by atoms with Gasteiger partial charge >= 0.3 is 0 Å². The second-order valence-electron chi connectivity index (χ2n) is 15.2. The third-order valence-electron chi connectivity index (χ3n) is 10.1. The molecule has 250 valence electrons. The molecule has 0 bridgehead atoms. The van der Waals surface area contributed by atoms with Crippen molar-refractivity contribution in [1.29, 1.82) is 0 Å². The minimum atomic E-state index is -0.547. The van der Waals surface area contributed by atoms with Gasteiger partial charge in [-0.15, -0.1) is 0 Å². The molecule has 0 amide bonds. The predicted molar refractivity (Wildman–Crippen MR) is 182 cm³/mol. The first-order valence-corrected chi connectivity index (χ1v) is 17.3. The van der Waals surface area contributed by atoms with Gasteiger partial charge in [0.05, 0.1) is 16.6 Å². The van der Waals surface area contributed by atoms with Gasteiger partial charge in [0, 0.05) is 59.5 Å². The molecule has 0 saturated heterocycles. The van der Waals surface area contributed by atoms with Crippen molar-refractivity contribution in [3.05, 3.63) is 85.2 Å². The smallest absolute Gasteiger partial charge is 0.269 e. The van der Waals surface area contributed by atoms with Crippen LogP contribution in [0.25, 0.3) is 0 Å². The summed E-state index contributed by atoms with van der Waals surface area (Å²) in [4.78, 5) is 41.9. The fourth-order valence-electron chi connectivity index (χ4n) is 8.18. The van der Waals surface area contributed by atoms with E-state index in [0.717, 1.165) is 66.6 Å². The van der Waals surface area contributed by atoms with Gasteiger partial charge in [-0.1, -0.05) is 70.7 Å². The lowest BCUT2D eigenvalue weighted by molar-refractivity contribution is -0.384. The van der Waals surface area contributed by atoms with E-state index in [1.807, 2.05) is 19.1 Å². The lowest BCUT2D eigenvalue weighted by atomic mass is 9.63. The Morgan fingerprint density at radius 2 is 1.51 bits per heavy atom. The van der Waals surface area contributed by atoms with E-state index in [0.29, 0.717) is 41.5 Å². The third kappa shape index (κ3) is 6.58. The van der Waals surface area contributed by atoms with Crippen molar-refractivity contribution in [2.45, 2.75) is 111 Å². The summed E-state index contributed by atoms with van der Waals surface area (Å²) in [7, 11) is 0. The highest BCUT2D eigenvalue weighted by molar-refractivity contribution is 6.32. The van der Waals surface area contributed by atoms with Crippen molar-refractivity contribution in [2.24, 2.45) is 10.8 Å². The molecule has 0 radical (unpaired) electrons. The van der Waals surface area contributed by atoms with Gasteiger partial charge < -0.3 is 14.4 Å². The van der Waals surface area contributed by atoms with Gasteiger partial charge in [-0.2, -0.15) is 0 Å². The molecule has 1 aliphatic heterocycles. The average molecular weight is 661 g/mol. The monoisotopic (exact) mass is 660 g/mol. The molecule has 8 nitrogen and oxygen atoms in total. The molecule has 47 heavy (non-hydrogen) atoms. The zero-order valence-corrected chi connectivity index (χ0v) is 28.9. The third-order valence-corrected chi connectivity index (χ3v) is 10.3. The maximum Gasteiger partial charge on any atom is 0.269 e. The van der Waals surface area contributed by atoms with Crippen molar-refractivity contribution in [1.82, 2.24) is 4.90 Å². The Morgan fingerprint density at radius 3 is 2.09 bits per heavy atom. The predicted octanol–water partition coefficient (Wildman–Crippen LogP) is 9.24. The number of rotatable bonds is 8. The van der Waals surface area contributed by atoms with Gasteiger partial charge in [-0.05, 0) is 66.7 Å². The molecule has 0 atom stereocenters. The van der Waals surface area contributed by atoms with Gasteiger partial charge in [0.2, 0.25) is 0 Å². The van der Waals surface area contributed by atoms with Crippen LogP contribution >= 0.6 is 11.6 Å². The highest BCUT2D eigenvalue weighted by Crippen LogP contribution is 2.56. The molecule has 2 aromatic carbocycles. The Morgan fingerprint density at radius 1 is 0.894 bits per heavy atom. The highest BCUT2D eigenvalue weighted by atomic mass is 35.5. The van der Waals surface area contributed by atoms with Gasteiger partial charge in [-0.3, -0.25) is 19.7 Å². The average Bonchev–Trinajstić information content (AvgIpc) is 2.99.